The fraction of sp³-hybridized carbons (Fsp3) is 0.375. The summed E-state index contributed by atoms with van der Waals surface area (Å²) in [7, 11) is 0. The molecule has 2 aromatic carbocycles. The normalized spacial score (nSPS) is 14.4. The van der Waals surface area contributed by atoms with E-state index in [9.17, 15) is 4.79 Å². The topological polar surface area (TPSA) is 70.2 Å². The molecule has 2 N–H and O–H groups in total. The van der Waals surface area contributed by atoms with E-state index in [0.29, 0.717) is 19.0 Å². The van der Waals surface area contributed by atoms with E-state index in [-0.39, 0.29) is 6.03 Å². The van der Waals surface area contributed by atoms with E-state index in [0.717, 1.165) is 48.9 Å². The van der Waals surface area contributed by atoms with Gasteiger partial charge in [-0.2, -0.15) is 4.37 Å². The number of aryl methyl sites for hydroxylation is 1. The average molecular weight is 436 g/mol. The number of hydrogen-bond donors (Lipinski definition) is 2. The molecule has 1 aliphatic heterocycles. The molecule has 1 fully saturated rings. The molecule has 1 aromatic heterocycles. The molecule has 1 aliphatic rings. The number of anilines is 1. The van der Waals surface area contributed by atoms with Crippen LogP contribution < -0.4 is 15.5 Å². The summed E-state index contributed by atoms with van der Waals surface area (Å²) in [5.74, 6) is 1.39. The third kappa shape index (κ3) is 6.28. The van der Waals surface area contributed by atoms with Gasteiger partial charge in [0, 0.05) is 44.1 Å². The van der Waals surface area contributed by atoms with Gasteiger partial charge in [-0.25, -0.2) is 9.78 Å². The van der Waals surface area contributed by atoms with E-state index in [4.69, 9.17) is 4.98 Å². The van der Waals surface area contributed by atoms with Crippen LogP contribution in [0, 0.1) is 12.8 Å². The summed E-state index contributed by atoms with van der Waals surface area (Å²) in [6.07, 6.45) is 2.87. The van der Waals surface area contributed by atoms with E-state index < -0.39 is 0 Å². The number of nitrogens with one attached hydrogen (secondary N) is 2. The van der Waals surface area contributed by atoms with Crippen molar-refractivity contribution in [1.82, 2.24) is 20.0 Å². The predicted molar refractivity (Wildman–Crippen MR) is 126 cm³/mol. The molecule has 3 aromatic rings. The first-order chi connectivity index (χ1) is 15.2. The van der Waals surface area contributed by atoms with Crippen LogP contribution in [-0.2, 0) is 13.0 Å². The first-order valence-electron chi connectivity index (χ1n) is 10.8. The second-order valence-corrected chi connectivity index (χ2v) is 8.87. The number of amides is 2. The molecule has 0 spiro atoms. The molecule has 0 radical (unpaired) electrons. The molecule has 0 aliphatic carbocycles. The van der Waals surface area contributed by atoms with Gasteiger partial charge in [0.25, 0.3) is 0 Å². The van der Waals surface area contributed by atoms with Gasteiger partial charge in [-0.15, -0.1) is 0 Å². The van der Waals surface area contributed by atoms with Crippen LogP contribution in [0.2, 0.25) is 0 Å². The summed E-state index contributed by atoms with van der Waals surface area (Å²) in [6.45, 7) is 5.27. The van der Waals surface area contributed by atoms with Crippen molar-refractivity contribution in [3.63, 3.8) is 0 Å². The first kappa shape index (κ1) is 21.3. The van der Waals surface area contributed by atoms with Crippen LogP contribution in [0.15, 0.2) is 54.6 Å². The monoisotopic (exact) mass is 435 g/mol. The van der Waals surface area contributed by atoms with Gasteiger partial charge in [-0.1, -0.05) is 60.2 Å². The molecule has 1 saturated heterocycles. The Hall–Kier alpha value is -2.93. The number of piperidine rings is 1. The Kier molecular flexibility index (Phi) is 7.14. The zero-order valence-electron chi connectivity index (χ0n) is 17.9. The van der Waals surface area contributed by atoms with Crippen LogP contribution in [0.25, 0.3) is 0 Å². The molecular weight excluding hydrogens is 406 g/mol. The molecule has 6 nitrogen and oxygen atoms in total. The van der Waals surface area contributed by atoms with Gasteiger partial charge in [0.15, 0.2) is 0 Å². The predicted octanol–water partition coefficient (Wildman–Crippen LogP) is 4.15. The van der Waals surface area contributed by atoms with Crippen molar-refractivity contribution >= 4 is 22.7 Å². The summed E-state index contributed by atoms with van der Waals surface area (Å²) >= 11 is 1.49. The summed E-state index contributed by atoms with van der Waals surface area (Å²) in [5, 5.41) is 6.95. The Labute approximate surface area is 187 Å². The fourth-order valence-corrected chi connectivity index (χ4v) is 4.48. The largest absolute Gasteiger partial charge is 0.347 e. The minimum Gasteiger partial charge on any atom is -0.347 e. The lowest BCUT2D eigenvalue weighted by molar-refractivity contribution is 0.237. The molecular formula is C24H29N5OS. The molecule has 162 valence electrons. The van der Waals surface area contributed by atoms with Crippen molar-refractivity contribution in [2.75, 3.05) is 24.5 Å². The second kappa shape index (κ2) is 10.4. The Morgan fingerprint density at radius 3 is 2.52 bits per heavy atom. The summed E-state index contributed by atoms with van der Waals surface area (Å²) in [4.78, 5) is 19.1. The number of carbonyl (C=O) groups is 1. The highest BCUT2D eigenvalue weighted by molar-refractivity contribution is 7.09. The number of rotatable bonds is 7. The maximum Gasteiger partial charge on any atom is 0.315 e. The van der Waals surface area contributed by atoms with E-state index in [1.54, 1.807) is 0 Å². The lowest BCUT2D eigenvalue weighted by Gasteiger charge is -2.31. The van der Waals surface area contributed by atoms with Crippen molar-refractivity contribution in [2.24, 2.45) is 5.92 Å². The van der Waals surface area contributed by atoms with Crippen LogP contribution in [0.4, 0.5) is 9.93 Å². The Morgan fingerprint density at radius 1 is 1.03 bits per heavy atom. The molecule has 2 amide bonds. The zero-order valence-corrected chi connectivity index (χ0v) is 18.7. The van der Waals surface area contributed by atoms with E-state index in [2.05, 4.69) is 51.1 Å². The third-order valence-electron chi connectivity index (χ3n) is 5.67. The molecule has 7 heteroatoms. The number of nitrogens with zero attached hydrogens (tertiary/aromatic N) is 3. The number of aromatic nitrogens is 2. The van der Waals surface area contributed by atoms with Crippen LogP contribution in [0.3, 0.4) is 0 Å². The Balaban J connectivity index is 1.18. The summed E-state index contributed by atoms with van der Waals surface area (Å²) < 4.78 is 4.56. The minimum atomic E-state index is -0.101. The van der Waals surface area contributed by atoms with Gasteiger partial charge >= 0.3 is 6.03 Å². The number of benzene rings is 2. The zero-order chi connectivity index (χ0) is 21.5. The van der Waals surface area contributed by atoms with Gasteiger partial charge in [-0.3, -0.25) is 0 Å². The highest BCUT2D eigenvalue weighted by atomic mass is 32.1. The molecule has 0 saturated carbocycles. The van der Waals surface area contributed by atoms with Gasteiger partial charge in [-0.05, 0) is 36.8 Å². The van der Waals surface area contributed by atoms with E-state index in [1.807, 2.05) is 30.3 Å². The van der Waals surface area contributed by atoms with Crippen LogP contribution in [-0.4, -0.2) is 35.0 Å². The molecule has 4 rings (SSSR count). The van der Waals surface area contributed by atoms with Crippen molar-refractivity contribution < 1.29 is 4.79 Å². The Morgan fingerprint density at radius 2 is 1.77 bits per heavy atom. The number of urea groups is 1. The molecule has 0 atom stereocenters. The molecule has 2 heterocycles. The van der Waals surface area contributed by atoms with Crippen molar-refractivity contribution in [3.05, 3.63) is 77.1 Å². The van der Waals surface area contributed by atoms with Gasteiger partial charge in [0.05, 0.1) is 0 Å². The highest BCUT2D eigenvalue weighted by Gasteiger charge is 2.22. The second-order valence-electron chi connectivity index (χ2n) is 8.14. The van der Waals surface area contributed by atoms with Crippen LogP contribution in [0.5, 0.6) is 0 Å². The van der Waals surface area contributed by atoms with Crippen molar-refractivity contribution in [2.45, 2.75) is 32.7 Å². The van der Waals surface area contributed by atoms with Crippen molar-refractivity contribution in [3.8, 4) is 0 Å². The Bertz CT molecular complexity index is 965. The minimum absolute atomic E-state index is 0.101. The van der Waals surface area contributed by atoms with Gasteiger partial charge in [0.1, 0.15) is 5.82 Å². The van der Waals surface area contributed by atoms with Crippen LogP contribution >= 0.6 is 11.5 Å². The fourth-order valence-electron chi connectivity index (χ4n) is 3.74. The van der Waals surface area contributed by atoms with E-state index in [1.165, 1.54) is 22.7 Å². The maximum absolute atomic E-state index is 12.1. The van der Waals surface area contributed by atoms with E-state index >= 15 is 0 Å². The lowest BCUT2D eigenvalue weighted by Crippen LogP contribution is -2.41. The van der Waals surface area contributed by atoms with Crippen molar-refractivity contribution in [1.29, 1.82) is 0 Å². The summed E-state index contributed by atoms with van der Waals surface area (Å²) in [6, 6.07) is 18.4. The molecule has 31 heavy (non-hydrogen) atoms. The molecule has 0 bridgehead atoms. The highest BCUT2D eigenvalue weighted by Crippen LogP contribution is 2.25. The molecule has 0 unspecified atom stereocenters. The maximum atomic E-state index is 12.1. The average Bonchev–Trinajstić information content (AvgIpc) is 3.27. The summed E-state index contributed by atoms with van der Waals surface area (Å²) in [5.41, 5.74) is 3.61. The first-order valence-corrected chi connectivity index (χ1v) is 11.6. The van der Waals surface area contributed by atoms with Gasteiger partial charge in [0.2, 0.25) is 5.13 Å². The van der Waals surface area contributed by atoms with Crippen LogP contribution in [0.1, 0.15) is 35.4 Å². The SMILES string of the molecule is Cc1ccc(Cc2nsc(N3CCC(CNC(=O)NCc4ccccc4)CC3)n2)cc1. The number of hydrogen-bond acceptors (Lipinski definition) is 5. The third-order valence-corrected chi connectivity index (χ3v) is 6.49. The number of carbonyl (C=O) groups excluding carboxylic acids is 1. The quantitative estimate of drug-likeness (QED) is 0.585. The van der Waals surface area contributed by atoms with Gasteiger partial charge < -0.3 is 15.5 Å². The lowest BCUT2D eigenvalue weighted by atomic mass is 9.97. The smallest absolute Gasteiger partial charge is 0.315 e. The standard InChI is InChI=1S/C24H29N5OS/c1-18-7-9-19(10-8-18)15-22-27-24(31-28-22)29-13-11-21(12-14-29)17-26-23(30)25-16-20-5-3-2-4-6-20/h2-10,21H,11-17H2,1H3,(H2,25,26,30).